The first-order chi connectivity index (χ1) is 9.42. The Hall–Kier alpha value is -1.51. The number of aliphatic hydroxyl groups is 1. The van der Waals surface area contributed by atoms with Crippen molar-refractivity contribution in [3.63, 3.8) is 0 Å². The number of methoxy groups -OCH3 is 1. The number of ether oxygens (including phenoxy) is 1. The average Bonchev–Trinajstić information content (AvgIpc) is 2.42. The van der Waals surface area contributed by atoms with E-state index in [2.05, 4.69) is 0 Å². The second-order valence-electron chi connectivity index (χ2n) is 5.26. The van der Waals surface area contributed by atoms with E-state index < -0.39 is 5.60 Å². The van der Waals surface area contributed by atoms with Crippen LogP contribution in [0.15, 0.2) is 42.5 Å². The summed E-state index contributed by atoms with van der Waals surface area (Å²) < 4.78 is 5.13. The van der Waals surface area contributed by atoms with Crippen LogP contribution in [0, 0.1) is 6.92 Å². The first-order valence-corrected chi connectivity index (χ1v) is 6.92. The first-order valence-electron chi connectivity index (χ1n) is 6.54. The zero-order valence-electron chi connectivity index (χ0n) is 12.0. The molecule has 2 aromatic carbocycles. The molecule has 0 saturated heterocycles. The van der Waals surface area contributed by atoms with Crippen LogP contribution in [0.25, 0.3) is 0 Å². The molecule has 1 N–H and O–H groups in total. The lowest BCUT2D eigenvalue weighted by molar-refractivity contribution is 0.0576. The van der Waals surface area contributed by atoms with E-state index >= 15 is 0 Å². The molecule has 0 amide bonds. The van der Waals surface area contributed by atoms with Crippen molar-refractivity contribution in [2.75, 3.05) is 7.11 Å². The summed E-state index contributed by atoms with van der Waals surface area (Å²) in [7, 11) is 1.64. The molecule has 0 heterocycles. The highest BCUT2D eigenvalue weighted by Gasteiger charge is 2.24. The van der Waals surface area contributed by atoms with Gasteiger partial charge in [0, 0.05) is 11.4 Å². The molecule has 2 nitrogen and oxygen atoms in total. The maximum Gasteiger partial charge on any atom is 0.118 e. The minimum atomic E-state index is -0.952. The smallest absolute Gasteiger partial charge is 0.118 e. The maximum absolute atomic E-state index is 10.7. The Labute approximate surface area is 125 Å². The lowest BCUT2D eigenvalue weighted by Crippen LogP contribution is -2.24. The van der Waals surface area contributed by atoms with Gasteiger partial charge >= 0.3 is 0 Å². The predicted octanol–water partition coefficient (Wildman–Crippen LogP) is 4.11. The van der Waals surface area contributed by atoms with Crippen molar-refractivity contribution < 1.29 is 9.84 Å². The van der Waals surface area contributed by atoms with Crippen LogP contribution in [-0.2, 0) is 12.0 Å². The monoisotopic (exact) mass is 290 g/mol. The minimum Gasteiger partial charge on any atom is -0.497 e. The summed E-state index contributed by atoms with van der Waals surface area (Å²) in [5.74, 6) is 0.812. The molecule has 2 rings (SSSR count). The van der Waals surface area contributed by atoms with Gasteiger partial charge in [-0.3, -0.25) is 0 Å². The van der Waals surface area contributed by atoms with E-state index in [9.17, 15) is 5.11 Å². The van der Waals surface area contributed by atoms with E-state index in [0.717, 1.165) is 22.4 Å². The Bertz CT molecular complexity index is 588. The SMILES string of the molecule is COc1ccc(CC(C)(O)c2ccc(C)c(Cl)c2)cc1. The van der Waals surface area contributed by atoms with Gasteiger partial charge in [0.15, 0.2) is 0 Å². The Morgan fingerprint density at radius 1 is 1.15 bits per heavy atom. The predicted molar refractivity (Wildman–Crippen MR) is 82.5 cm³/mol. The van der Waals surface area contributed by atoms with Crippen molar-refractivity contribution in [2.24, 2.45) is 0 Å². The molecule has 20 heavy (non-hydrogen) atoms. The molecule has 0 aliphatic carbocycles. The van der Waals surface area contributed by atoms with Gasteiger partial charge in [-0.25, -0.2) is 0 Å². The van der Waals surface area contributed by atoms with E-state index in [4.69, 9.17) is 16.3 Å². The van der Waals surface area contributed by atoms with Crippen LogP contribution < -0.4 is 4.74 Å². The van der Waals surface area contributed by atoms with Crippen molar-refractivity contribution in [3.8, 4) is 5.75 Å². The summed E-state index contributed by atoms with van der Waals surface area (Å²) in [6.07, 6.45) is 0.524. The summed E-state index contributed by atoms with van der Waals surface area (Å²) in [5, 5.41) is 11.4. The molecule has 0 spiro atoms. The molecule has 0 aromatic heterocycles. The van der Waals surface area contributed by atoms with Gasteiger partial charge in [0.25, 0.3) is 0 Å². The Morgan fingerprint density at radius 3 is 2.35 bits per heavy atom. The van der Waals surface area contributed by atoms with Gasteiger partial charge in [0.1, 0.15) is 5.75 Å². The van der Waals surface area contributed by atoms with E-state index in [0.29, 0.717) is 11.4 Å². The number of benzene rings is 2. The van der Waals surface area contributed by atoms with Gasteiger partial charge in [-0.2, -0.15) is 0 Å². The quantitative estimate of drug-likeness (QED) is 0.918. The van der Waals surface area contributed by atoms with E-state index in [-0.39, 0.29) is 0 Å². The van der Waals surface area contributed by atoms with Gasteiger partial charge in [0.05, 0.1) is 12.7 Å². The zero-order valence-corrected chi connectivity index (χ0v) is 12.7. The third-order valence-electron chi connectivity index (χ3n) is 3.50. The Morgan fingerprint density at radius 2 is 1.80 bits per heavy atom. The number of aryl methyl sites for hydroxylation is 1. The summed E-state index contributed by atoms with van der Waals surface area (Å²) >= 11 is 6.13. The van der Waals surface area contributed by atoms with Gasteiger partial charge in [-0.05, 0) is 48.7 Å². The lowest BCUT2D eigenvalue weighted by Gasteiger charge is -2.24. The third-order valence-corrected chi connectivity index (χ3v) is 3.91. The topological polar surface area (TPSA) is 29.5 Å². The van der Waals surface area contributed by atoms with Crippen molar-refractivity contribution in [1.29, 1.82) is 0 Å². The largest absolute Gasteiger partial charge is 0.497 e. The molecule has 0 aliphatic heterocycles. The zero-order chi connectivity index (χ0) is 14.8. The molecule has 0 fully saturated rings. The van der Waals surface area contributed by atoms with Crippen LogP contribution in [0.3, 0.4) is 0 Å². The summed E-state index contributed by atoms with van der Waals surface area (Å²) in [4.78, 5) is 0. The number of rotatable bonds is 4. The van der Waals surface area contributed by atoms with Crippen molar-refractivity contribution in [3.05, 3.63) is 64.2 Å². The van der Waals surface area contributed by atoms with Crippen LogP contribution in [0.4, 0.5) is 0 Å². The normalized spacial score (nSPS) is 13.8. The lowest BCUT2D eigenvalue weighted by atomic mass is 9.88. The highest BCUT2D eigenvalue weighted by molar-refractivity contribution is 6.31. The van der Waals surface area contributed by atoms with Crippen LogP contribution in [0.1, 0.15) is 23.6 Å². The molecule has 106 valence electrons. The van der Waals surface area contributed by atoms with Gasteiger partial charge < -0.3 is 9.84 Å². The number of hydrogen-bond acceptors (Lipinski definition) is 2. The van der Waals surface area contributed by atoms with Crippen molar-refractivity contribution in [2.45, 2.75) is 25.9 Å². The average molecular weight is 291 g/mol. The Kier molecular flexibility index (Phi) is 4.36. The molecule has 3 heteroatoms. The number of halogens is 1. The standard InChI is InChI=1S/C17H19ClO2/c1-12-4-7-14(10-16(12)18)17(2,19)11-13-5-8-15(20-3)9-6-13/h4-10,19H,11H2,1-3H3. The highest BCUT2D eigenvalue weighted by atomic mass is 35.5. The second-order valence-corrected chi connectivity index (χ2v) is 5.67. The van der Waals surface area contributed by atoms with Gasteiger partial charge in [0.2, 0.25) is 0 Å². The fraction of sp³-hybridized carbons (Fsp3) is 0.294. The van der Waals surface area contributed by atoms with Crippen LogP contribution >= 0.6 is 11.6 Å². The summed E-state index contributed by atoms with van der Waals surface area (Å²) in [5.41, 5.74) is 1.93. The summed E-state index contributed by atoms with van der Waals surface area (Å²) in [6.45, 7) is 3.75. The fourth-order valence-electron chi connectivity index (χ4n) is 2.17. The molecule has 0 aliphatic rings. The van der Waals surface area contributed by atoms with E-state index in [1.54, 1.807) is 14.0 Å². The maximum atomic E-state index is 10.7. The Balaban J connectivity index is 2.22. The fourth-order valence-corrected chi connectivity index (χ4v) is 2.35. The van der Waals surface area contributed by atoms with Crippen LogP contribution in [0.5, 0.6) is 5.75 Å². The van der Waals surface area contributed by atoms with Gasteiger partial charge in [-0.15, -0.1) is 0 Å². The molecular weight excluding hydrogens is 272 g/mol. The van der Waals surface area contributed by atoms with E-state index in [1.165, 1.54) is 0 Å². The third kappa shape index (κ3) is 3.33. The summed E-state index contributed by atoms with van der Waals surface area (Å²) in [6, 6.07) is 13.4. The molecule has 2 aromatic rings. The molecule has 1 unspecified atom stereocenters. The second kappa shape index (κ2) is 5.86. The molecule has 1 atom stereocenters. The minimum absolute atomic E-state index is 0.524. The first kappa shape index (κ1) is 14.9. The van der Waals surface area contributed by atoms with Crippen molar-refractivity contribution in [1.82, 2.24) is 0 Å². The molecule has 0 saturated carbocycles. The molecule has 0 radical (unpaired) electrons. The van der Waals surface area contributed by atoms with Crippen LogP contribution in [-0.4, -0.2) is 12.2 Å². The van der Waals surface area contributed by atoms with Crippen LogP contribution in [0.2, 0.25) is 5.02 Å². The van der Waals surface area contributed by atoms with Crippen molar-refractivity contribution >= 4 is 11.6 Å². The number of hydrogen-bond donors (Lipinski definition) is 1. The highest BCUT2D eigenvalue weighted by Crippen LogP contribution is 2.29. The molecular formula is C17H19ClO2. The van der Waals surface area contributed by atoms with Gasteiger partial charge in [-0.1, -0.05) is 35.9 Å². The van der Waals surface area contributed by atoms with E-state index in [1.807, 2.05) is 49.4 Å². The molecule has 0 bridgehead atoms.